The first-order valence-corrected chi connectivity index (χ1v) is 5.07. The zero-order valence-electron chi connectivity index (χ0n) is 5.35. The van der Waals surface area contributed by atoms with Crippen LogP contribution in [-0.4, -0.2) is 5.24 Å². The number of hydrogen-bond donors (Lipinski definition) is 0. The van der Waals surface area contributed by atoms with E-state index in [1.807, 2.05) is 0 Å². The molecule has 1 nitrogen and oxygen atoms in total. The fourth-order valence-electron chi connectivity index (χ4n) is 0.629. The molecule has 0 atom stereocenters. The fourth-order valence-corrected chi connectivity index (χ4v) is 1.39. The van der Waals surface area contributed by atoms with Crippen LogP contribution < -0.4 is 21.8 Å². The van der Waals surface area contributed by atoms with E-state index >= 15 is 0 Å². The summed E-state index contributed by atoms with van der Waals surface area (Å²) in [6, 6.07) is 6.24. The molecule has 0 fully saturated rings. The van der Waals surface area contributed by atoms with Gasteiger partial charge >= 0.3 is 79.7 Å². The summed E-state index contributed by atoms with van der Waals surface area (Å²) in [4.78, 5) is 10.5. The summed E-state index contributed by atoms with van der Waals surface area (Å²) in [6.45, 7) is 0. The molecule has 60 valence electrons. The van der Waals surface area contributed by atoms with E-state index in [9.17, 15) is 7.65 Å². The second kappa shape index (κ2) is 4.01. The number of halogens is 3. The van der Waals surface area contributed by atoms with Crippen molar-refractivity contribution in [2.24, 2.45) is 0 Å². The molecule has 4 heteroatoms. The molecule has 0 unspecified atom stereocenters. The van der Waals surface area contributed by atoms with Gasteiger partial charge in [-0.05, 0) is 0 Å². The first kappa shape index (κ1) is 8.93. The van der Waals surface area contributed by atoms with Crippen LogP contribution >= 0.6 is 11.6 Å². The van der Waals surface area contributed by atoms with E-state index in [1.54, 1.807) is 12.1 Å². The van der Waals surface area contributed by atoms with E-state index in [0.717, 1.165) is 0 Å². The molecule has 0 spiro atoms. The molecule has 0 aliphatic rings. The summed E-state index contributed by atoms with van der Waals surface area (Å²) in [5, 5.41) is -0.506. The Hall–Kier alpha value is -0.160. The van der Waals surface area contributed by atoms with E-state index < -0.39 is 27.0 Å². The summed E-state index contributed by atoms with van der Waals surface area (Å²) in [5.41, 5.74) is 0.410. The van der Waals surface area contributed by atoms with Gasteiger partial charge in [-0.15, -0.1) is 0 Å². The standard InChI is InChI=1S/C7H4ClFIO/c8-7(11)5-1-3-6(10-9)4-2-5/h1-4H/q-1. The predicted molar refractivity (Wildman–Crippen MR) is 36.4 cm³/mol. The van der Waals surface area contributed by atoms with Crippen molar-refractivity contribution in [3.8, 4) is 0 Å². The molecule has 0 N–H and O–H groups in total. The summed E-state index contributed by atoms with van der Waals surface area (Å²) in [7, 11) is 0. The van der Waals surface area contributed by atoms with Crippen molar-refractivity contribution in [3.05, 3.63) is 33.4 Å². The number of carbonyl (C=O) groups excluding carboxylic acids is 1. The number of carbonyl (C=O) groups is 1. The van der Waals surface area contributed by atoms with Gasteiger partial charge in [-0.1, -0.05) is 0 Å². The predicted octanol–water partition coefficient (Wildman–Crippen LogP) is -0.791. The Morgan fingerprint density at radius 1 is 1.36 bits per heavy atom. The van der Waals surface area contributed by atoms with Crippen molar-refractivity contribution in [2.75, 3.05) is 0 Å². The van der Waals surface area contributed by atoms with Gasteiger partial charge in [-0.3, -0.25) is 0 Å². The molecule has 0 saturated carbocycles. The van der Waals surface area contributed by atoms with E-state index in [-0.39, 0.29) is 0 Å². The van der Waals surface area contributed by atoms with Gasteiger partial charge in [0.15, 0.2) is 0 Å². The SMILES string of the molecule is O=C(Cl)c1ccc([I-]F)cc1. The van der Waals surface area contributed by atoms with Gasteiger partial charge in [-0.2, -0.15) is 0 Å². The van der Waals surface area contributed by atoms with Gasteiger partial charge in [0.2, 0.25) is 0 Å². The number of rotatable bonds is 2. The van der Waals surface area contributed by atoms with E-state index in [1.165, 1.54) is 12.1 Å². The Morgan fingerprint density at radius 3 is 2.27 bits per heavy atom. The third kappa shape index (κ3) is 2.41. The van der Waals surface area contributed by atoms with Gasteiger partial charge in [-0.25, -0.2) is 0 Å². The topological polar surface area (TPSA) is 17.1 Å². The molecule has 0 saturated heterocycles. The number of hydrogen-bond acceptors (Lipinski definition) is 1. The average molecular weight is 285 g/mol. The monoisotopic (exact) mass is 285 g/mol. The minimum atomic E-state index is -1.38. The summed E-state index contributed by atoms with van der Waals surface area (Å²) < 4.78 is 12.7. The summed E-state index contributed by atoms with van der Waals surface area (Å²) in [5.74, 6) is 0. The molecule has 1 aromatic rings. The third-order valence-electron chi connectivity index (χ3n) is 1.15. The maximum absolute atomic E-state index is 12.1. The van der Waals surface area contributed by atoms with Crippen molar-refractivity contribution in [3.63, 3.8) is 0 Å². The van der Waals surface area contributed by atoms with Crippen LogP contribution in [0.15, 0.2) is 24.3 Å². The van der Waals surface area contributed by atoms with Gasteiger partial charge in [0.05, 0.1) is 0 Å². The van der Waals surface area contributed by atoms with Crippen molar-refractivity contribution in [1.82, 2.24) is 0 Å². The molecule has 0 radical (unpaired) electrons. The third-order valence-corrected chi connectivity index (χ3v) is 2.56. The molecule has 11 heavy (non-hydrogen) atoms. The van der Waals surface area contributed by atoms with Crippen LogP contribution in [0.25, 0.3) is 0 Å². The zero-order valence-corrected chi connectivity index (χ0v) is 8.26. The van der Waals surface area contributed by atoms with Crippen molar-refractivity contribution < 1.29 is 29.4 Å². The molecule has 1 rings (SSSR count). The van der Waals surface area contributed by atoms with E-state index in [0.29, 0.717) is 9.13 Å². The van der Waals surface area contributed by atoms with Crippen LogP contribution in [0.4, 0.5) is 2.86 Å². The maximum atomic E-state index is 12.1. The molecule has 0 aromatic heterocycles. The van der Waals surface area contributed by atoms with Crippen LogP contribution in [0.3, 0.4) is 0 Å². The Morgan fingerprint density at radius 2 is 1.91 bits per heavy atom. The normalized spacial score (nSPS) is 10.0. The molecular formula is C7H4ClFIO-. The van der Waals surface area contributed by atoms with Crippen molar-refractivity contribution >= 4 is 16.8 Å². The van der Waals surface area contributed by atoms with Gasteiger partial charge in [0, 0.05) is 0 Å². The summed E-state index contributed by atoms with van der Waals surface area (Å²) in [6.07, 6.45) is 0. The van der Waals surface area contributed by atoms with Crippen molar-refractivity contribution in [2.45, 2.75) is 0 Å². The zero-order chi connectivity index (χ0) is 8.27. The van der Waals surface area contributed by atoms with Crippen LogP contribution in [-0.2, 0) is 0 Å². The number of benzene rings is 1. The van der Waals surface area contributed by atoms with Crippen LogP contribution in [0, 0.1) is 3.57 Å². The molecule has 1 aromatic carbocycles. The quantitative estimate of drug-likeness (QED) is 0.514. The average Bonchev–Trinajstić information content (AvgIpc) is 2.05. The summed E-state index contributed by atoms with van der Waals surface area (Å²) >= 11 is 3.80. The van der Waals surface area contributed by atoms with Crippen LogP contribution in [0.5, 0.6) is 0 Å². The first-order chi connectivity index (χ1) is 5.24. The van der Waals surface area contributed by atoms with E-state index in [4.69, 9.17) is 11.6 Å². The van der Waals surface area contributed by atoms with Gasteiger partial charge in [0.1, 0.15) is 0 Å². The van der Waals surface area contributed by atoms with Crippen LogP contribution in [0.1, 0.15) is 10.4 Å². The molecule has 0 aliphatic heterocycles. The first-order valence-electron chi connectivity index (χ1n) is 2.80. The van der Waals surface area contributed by atoms with Gasteiger partial charge in [0.25, 0.3) is 0 Å². The molecule has 0 aliphatic carbocycles. The Bertz CT molecular complexity index is 260. The molecule has 0 amide bonds. The second-order valence-corrected chi connectivity index (χ2v) is 3.85. The minimum absolute atomic E-state index is 0.410. The van der Waals surface area contributed by atoms with Crippen molar-refractivity contribution in [1.29, 1.82) is 0 Å². The Labute approximate surface area is 79.6 Å². The van der Waals surface area contributed by atoms with Gasteiger partial charge < -0.3 is 0 Å². The Kier molecular flexibility index (Phi) is 3.26. The Balaban J connectivity index is 2.91. The fraction of sp³-hybridized carbons (Fsp3) is 0. The second-order valence-electron chi connectivity index (χ2n) is 1.85. The van der Waals surface area contributed by atoms with E-state index in [2.05, 4.69) is 0 Å². The molecular weight excluding hydrogens is 281 g/mol. The molecule has 0 bridgehead atoms. The van der Waals surface area contributed by atoms with Crippen LogP contribution in [0.2, 0.25) is 0 Å². The molecule has 0 heterocycles.